The first-order valence-corrected chi connectivity index (χ1v) is 20.3. The van der Waals surface area contributed by atoms with Gasteiger partial charge in [-0.25, -0.2) is 0 Å². The number of ether oxygens (including phenoxy) is 2. The molecule has 1 saturated heterocycles. The topological polar surface area (TPSA) is 163 Å². The number of esters is 1. The van der Waals surface area contributed by atoms with Crippen LogP contribution < -0.4 is 10.1 Å². The molecule has 57 heavy (non-hydrogen) atoms. The molecule has 0 bridgehead atoms. The van der Waals surface area contributed by atoms with Gasteiger partial charge >= 0.3 is 5.97 Å². The average molecular weight is 796 g/mol. The Bertz CT molecular complexity index is 1630. The van der Waals surface area contributed by atoms with E-state index in [1.807, 2.05) is 6.92 Å². The van der Waals surface area contributed by atoms with Gasteiger partial charge in [-0.05, 0) is 62.6 Å². The Balaban J connectivity index is 1.95. The lowest BCUT2D eigenvalue weighted by atomic mass is 9.91. The third kappa shape index (κ3) is 11.9. The van der Waals surface area contributed by atoms with E-state index in [0.717, 1.165) is 29.7 Å². The second-order valence-electron chi connectivity index (χ2n) is 16.2. The highest BCUT2D eigenvalue weighted by atomic mass is 16.5. The van der Waals surface area contributed by atoms with Crippen LogP contribution in [-0.2, 0) is 44.7 Å². The summed E-state index contributed by atoms with van der Waals surface area (Å²) in [5.41, 5.74) is 0.744. The molecule has 0 saturated carbocycles. The molecule has 1 N–H and O–H groups in total. The van der Waals surface area contributed by atoms with Crippen LogP contribution in [0.1, 0.15) is 99.5 Å². The first kappa shape index (κ1) is 46.6. The number of carbonyl (C=O) groups excluding carboxylic acids is 7. The van der Waals surface area contributed by atoms with E-state index in [1.165, 1.54) is 41.7 Å². The van der Waals surface area contributed by atoms with Gasteiger partial charge in [0, 0.05) is 46.0 Å². The first-order chi connectivity index (χ1) is 26.8. The van der Waals surface area contributed by atoms with E-state index >= 15 is 0 Å². The van der Waals surface area contributed by atoms with E-state index in [4.69, 9.17) is 9.47 Å². The van der Waals surface area contributed by atoms with E-state index in [1.54, 1.807) is 65.3 Å². The molecular formula is C43H65N5O9. The smallest absolute Gasteiger partial charge is 0.302 e. The molecule has 3 rings (SSSR count). The van der Waals surface area contributed by atoms with Gasteiger partial charge in [0.25, 0.3) is 11.8 Å². The third-order valence-corrected chi connectivity index (χ3v) is 11.2. The van der Waals surface area contributed by atoms with Crippen LogP contribution in [0, 0.1) is 17.8 Å². The van der Waals surface area contributed by atoms with Gasteiger partial charge in [-0.15, -0.1) is 0 Å². The van der Waals surface area contributed by atoms with Gasteiger partial charge in [-0.2, -0.15) is 0 Å². The Morgan fingerprint density at radius 3 is 2.16 bits per heavy atom. The van der Waals surface area contributed by atoms with Crippen molar-refractivity contribution >= 4 is 41.4 Å². The summed E-state index contributed by atoms with van der Waals surface area (Å²) >= 11 is 0. The largest absolute Gasteiger partial charge is 0.497 e. The van der Waals surface area contributed by atoms with Crippen LogP contribution in [0.5, 0.6) is 5.75 Å². The Kier molecular flexibility index (Phi) is 17.3. The van der Waals surface area contributed by atoms with Crippen molar-refractivity contribution in [3.05, 3.63) is 42.0 Å². The second kappa shape index (κ2) is 21.1. The third-order valence-electron chi connectivity index (χ3n) is 11.2. The summed E-state index contributed by atoms with van der Waals surface area (Å²) in [5, 5.41) is 2.81. The molecule has 2 aliphatic heterocycles. The monoisotopic (exact) mass is 795 g/mol. The lowest BCUT2D eigenvalue weighted by Crippen LogP contribution is -2.62. The van der Waals surface area contributed by atoms with E-state index in [0.29, 0.717) is 30.9 Å². The van der Waals surface area contributed by atoms with Crippen LogP contribution in [0.3, 0.4) is 0 Å². The standard InChI is InChI=1S/C43H65N5O9/c1-12-13-15-27(4)24-28(5)40(52)45(9)35(25-32-18-20-33(56-11)21-19-32)39(51)44-37(30(7)57-31(8)49)42(54)46(10)38(26(2)3)43(55)47-23-14-16-34(47)41(53)48-29(6)17-22-36(48)50/h17-22,26-30,34-35,37-38H,12-16,23-25H2,1-11H3,(H,44,51)/t27-,28+,29-,30+,34-,35-,37-,38-/m0/s1. The summed E-state index contributed by atoms with van der Waals surface area (Å²) in [6.45, 7) is 14.3. The molecule has 2 aliphatic rings. The summed E-state index contributed by atoms with van der Waals surface area (Å²) in [5.74, 6) is -3.52. The number of likely N-dealkylation sites (tertiary alicyclic amines) is 1. The maximum absolute atomic E-state index is 14.6. The van der Waals surface area contributed by atoms with Crippen LogP contribution in [0.2, 0.25) is 0 Å². The fourth-order valence-electron chi connectivity index (χ4n) is 8.00. The molecular weight excluding hydrogens is 730 g/mol. The van der Waals surface area contributed by atoms with Gasteiger partial charge in [-0.3, -0.25) is 38.5 Å². The highest BCUT2D eigenvalue weighted by Crippen LogP contribution is 2.27. The number of amides is 6. The number of nitrogens with zero attached hydrogens (tertiary/aromatic N) is 4. The average Bonchev–Trinajstić information content (AvgIpc) is 3.79. The molecule has 14 heteroatoms. The Hall–Kier alpha value is -4.75. The van der Waals surface area contributed by atoms with Crippen molar-refractivity contribution in [3.63, 3.8) is 0 Å². The predicted octanol–water partition coefficient (Wildman–Crippen LogP) is 4.14. The van der Waals surface area contributed by atoms with Crippen LogP contribution in [0.4, 0.5) is 0 Å². The quantitative estimate of drug-likeness (QED) is 0.160. The van der Waals surface area contributed by atoms with Crippen molar-refractivity contribution < 1.29 is 43.0 Å². The Morgan fingerprint density at radius 1 is 0.965 bits per heavy atom. The van der Waals surface area contributed by atoms with Crippen LogP contribution in [-0.4, -0.2) is 125 Å². The number of rotatable bonds is 19. The second-order valence-corrected chi connectivity index (χ2v) is 16.2. The number of hydrogen-bond acceptors (Lipinski definition) is 9. The minimum absolute atomic E-state index is 0.111. The van der Waals surface area contributed by atoms with Gasteiger partial charge < -0.3 is 29.5 Å². The number of nitrogens with one attached hydrogen (secondary N) is 1. The summed E-state index contributed by atoms with van der Waals surface area (Å²) in [4.78, 5) is 101. The molecule has 1 aromatic rings. The van der Waals surface area contributed by atoms with E-state index < -0.39 is 77.7 Å². The molecule has 1 fully saturated rings. The fraction of sp³-hybridized carbons (Fsp3) is 0.651. The van der Waals surface area contributed by atoms with Crippen LogP contribution >= 0.6 is 0 Å². The van der Waals surface area contributed by atoms with Crippen molar-refractivity contribution in [2.24, 2.45) is 17.8 Å². The minimum Gasteiger partial charge on any atom is -0.497 e. The molecule has 14 nitrogen and oxygen atoms in total. The van der Waals surface area contributed by atoms with Gasteiger partial charge in [0.2, 0.25) is 23.6 Å². The van der Waals surface area contributed by atoms with Crippen molar-refractivity contribution in [3.8, 4) is 5.75 Å². The van der Waals surface area contributed by atoms with Gasteiger partial charge in [0.1, 0.15) is 36.0 Å². The minimum atomic E-state index is -1.45. The molecule has 8 atom stereocenters. The maximum Gasteiger partial charge on any atom is 0.302 e. The van der Waals surface area contributed by atoms with E-state index in [9.17, 15) is 33.6 Å². The molecule has 0 spiro atoms. The number of unbranched alkanes of at least 4 members (excludes halogenated alkanes) is 1. The Morgan fingerprint density at radius 2 is 1.61 bits per heavy atom. The zero-order chi connectivity index (χ0) is 42.7. The van der Waals surface area contributed by atoms with Crippen LogP contribution in [0.25, 0.3) is 0 Å². The molecule has 0 aromatic heterocycles. The number of imide groups is 1. The predicted molar refractivity (Wildman–Crippen MR) is 215 cm³/mol. The summed E-state index contributed by atoms with van der Waals surface area (Å²) in [6.07, 6.45) is 6.57. The fourth-order valence-corrected chi connectivity index (χ4v) is 8.00. The van der Waals surface area contributed by atoms with E-state index in [2.05, 4.69) is 19.2 Å². The maximum atomic E-state index is 14.6. The van der Waals surface area contributed by atoms with Crippen molar-refractivity contribution in [2.45, 2.75) is 137 Å². The molecule has 0 radical (unpaired) electrons. The number of methoxy groups -OCH3 is 1. The first-order valence-electron chi connectivity index (χ1n) is 20.3. The summed E-state index contributed by atoms with van der Waals surface area (Å²) < 4.78 is 10.8. The van der Waals surface area contributed by atoms with Gasteiger partial charge in [-0.1, -0.05) is 72.1 Å². The molecule has 0 unspecified atom stereocenters. The van der Waals surface area contributed by atoms with Gasteiger partial charge in [0.05, 0.1) is 13.2 Å². The number of carbonyl (C=O) groups is 7. The number of hydrogen-bond donors (Lipinski definition) is 1. The lowest BCUT2D eigenvalue weighted by Gasteiger charge is -2.38. The Labute approximate surface area is 338 Å². The summed E-state index contributed by atoms with van der Waals surface area (Å²) in [7, 11) is 4.57. The normalized spacial score (nSPS) is 19.7. The molecule has 6 amide bonds. The molecule has 2 heterocycles. The zero-order valence-electron chi connectivity index (χ0n) is 35.8. The molecule has 1 aromatic carbocycles. The van der Waals surface area contributed by atoms with Gasteiger partial charge in [0.15, 0.2) is 0 Å². The van der Waals surface area contributed by atoms with Crippen molar-refractivity contribution in [1.82, 2.24) is 24.9 Å². The molecule has 0 aliphatic carbocycles. The molecule has 316 valence electrons. The van der Waals surface area contributed by atoms with Crippen molar-refractivity contribution in [2.75, 3.05) is 27.7 Å². The zero-order valence-corrected chi connectivity index (χ0v) is 35.8. The number of benzene rings is 1. The number of likely N-dealkylation sites (N-methyl/N-ethyl adjacent to an activating group) is 2. The lowest BCUT2D eigenvalue weighted by molar-refractivity contribution is -0.157. The highest BCUT2D eigenvalue weighted by molar-refractivity contribution is 6.06. The van der Waals surface area contributed by atoms with Crippen LogP contribution in [0.15, 0.2) is 36.4 Å². The highest BCUT2D eigenvalue weighted by Gasteiger charge is 2.46. The van der Waals surface area contributed by atoms with Crippen molar-refractivity contribution in [1.29, 1.82) is 0 Å². The SMILES string of the molecule is CCCC[C@H](C)C[C@@H](C)C(=O)N(C)[C@@H](Cc1ccc(OC)cc1)C(=O)N[C@H](C(=O)N(C)[C@H](C(=O)N1CCC[C@H]1C(=O)N1C(=O)C=C[C@@H]1C)C(C)C)[C@@H](C)OC(C)=O. The summed E-state index contributed by atoms with van der Waals surface area (Å²) in [6, 6.07) is 2.22. The van der Waals surface area contributed by atoms with E-state index in [-0.39, 0.29) is 24.8 Å².